The molecule has 6 heteroatoms. The lowest BCUT2D eigenvalue weighted by Gasteiger charge is -2.24. The first-order valence-electron chi connectivity index (χ1n) is 8.79. The van der Waals surface area contributed by atoms with Crippen LogP contribution >= 0.6 is 23.2 Å². The summed E-state index contributed by atoms with van der Waals surface area (Å²) in [7, 11) is 0. The van der Waals surface area contributed by atoms with E-state index in [-0.39, 0.29) is 12.0 Å². The number of aliphatic hydroxyl groups is 1. The molecule has 2 heterocycles. The normalized spacial score (nSPS) is 17.7. The van der Waals surface area contributed by atoms with Gasteiger partial charge < -0.3 is 14.6 Å². The van der Waals surface area contributed by atoms with Crippen molar-refractivity contribution in [2.24, 2.45) is 0 Å². The van der Waals surface area contributed by atoms with Crippen molar-refractivity contribution in [2.45, 2.75) is 44.8 Å². The minimum atomic E-state index is -0.697. The number of aromatic nitrogens is 1. The molecule has 3 rings (SSSR count). The molecule has 2 aromatic rings. The van der Waals surface area contributed by atoms with E-state index in [2.05, 4.69) is 4.98 Å². The molecule has 1 aromatic heterocycles. The Bertz CT molecular complexity index is 763. The largest absolute Gasteiger partial charge is 0.474 e. The summed E-state index contributed by atoms with van der Waals surface area (Å²) in [4.78, 5) is 4.39. The van der Waals surface area contributed by atoms with Crippen LogP contribution in [0.1, 0.15) is 48.5 Å². The van der Waals surface area contributed by atoms with Crippen LogP contribution in [0, 0.1) is 6.92 Å². The monoisotopic (exact) mass is 395 g/mol. The molecule has 4 nitrogen and oxygen atoms in total. The highest BCUT2D eigenvalue weighted by Gasteiger charge is 2.22. The van der Waals surface area contributed by atoms with E-state index in [4.69, 9.17) is 32.7 Å². The third kappa shape index (κ3) is 4.49. The zero-order valence-electron chi connectivity index (χ0n) is 14.9. The third-order valence-electron chi connectivity index (χ3n) is 4.84. The van der Waals surface area contributed by atoms with Crippen molar-refractivity contribution in [1.82, 2.24) is 4.98 Å². The molecule has 1 aliphatic heterocycles. The SMILES string of the molecule is Cc1cc(OC2CCOCC2)ncc1C(O)C(C)c1ccc(Cl)c(Cl)c1. The van der Waals surface area contributed by atoms with E-state index >= 15 is 0 Å². The Labute approximate surface area is 164 Å². The van der Waals surface area contributed by atoms with Gasteiger partial charge in [0.2, 0.25) is 5.88 Å². The van der Waals surface area contributed by atoms with E-state index in [1.807, 2.05) is 26.0 Å². The Balaban J connectivity index is 1.74. The van der Waals surface area contributed by atoms with Crippen molar-refractivity contribution in [3.8, 4) is 5.88 Å². The second kappa shape index (κ2) is 8.57. The van der Waals surface area contributed by atoms with Crippen LogP contribution in [-0.2, 0) is 4.74 Å². The summed E-state index contributed by atoms with van der Waals surface area (Å²) in [6.45, 7) is 5.36. The van der Waals surface area contributed by atoms with Crippen LogP contribution in [0.15, 0.2) is 30.5 Å². The molecule has 1 fully saturated rings. The summed E-state index contributed by atoms with van der Waals surface area (Å²) in [5.41, 5.74) is 2.65. The fourth-order valence-electron chi connectivity index (χ4n) is 3.13. The average Bonchev–Trinajstić information content (AvgIpc) is 2.64. The van der Waals surface area contributed by atoms with Crippen molar-refractivity contribution in [3.63, 3.8) is 0 Å². The summed E-state index contributed by atoms with van der Waals surface area (Å²) in [6.07, 6.45) is 2.89. The van der Waals surface area contributed by atoms with Crippen LogP contribution < -0.4 is 4.74 Å². The quantitative estimate of drug-likeness (QED) is 0.765. The van der Waals surface area contributed by atoms with E-state index in [0.29, 0.717) is 15.9 Å². The summed E-state index contributed by atoms with van der Waals surface area (Å²) in [6, 6.07) is 7.31. The van der Waals surface area contributed by atoms with E-state index in [1.54, 1.807) is 18.3 Å². The van der Waals surface area contributed by atoms with E-state index in [0.717, 1.165) is 42.7 Å². The first-order valence-corrected chi connectivity index (χ1v) is 9.55. The second-order valence-corrected chi connectivity index (χ2v) is 7.53. The summed E-state index contributed by atoms with van der Waals surface area (Å²) in [5.74, 6) is 0.445. The third-order valence-corrected chi connectivity index (χ3v) is 5.58. The van der Waals surface area contributed by atoms with Gasteiger partial charge in [0.25, 0.3) is 0 Å². The molecule has 140 valence electrons. The van der Waals surface area contributed by atoms with Gasteiger partial charge in [-0.25, -0.2) is 4.98 Å². The van der Waals surface area contributed by atoms with E-state index in [1.165, 1.54) is 0 Å². The van der Waals surface area contributed by atoms with Crippen LogP contribution in [0.5, 0.6) is 5.88 Å². The smallest absolute Gasteiger partial charge is 0.213 e. The molecule has 1 aliphatic rings. The molecule has 0 spiro atoms. The minimum Gasteiger partial charge on any atom is -0.474 e. The standard InChI is InChI=1S/C20H23Cl2NO3/c1-12-9-19(26-15-5-7-25-8-6-15)23-11-16(12)20(24)13(2)14-3-4-17(21)18(22)10-14/h3-4,9-11,13,15,20,24H,5-8H2,1-2H3. The molecule has 0 bridgehead atoms. The maximum Gasteiger partial charge on any atom is 0.213 e. The maximum absolute atomic E-state index is 10.8. The molecular weight excluding hydrogens is 373 g/mol. The van der Waals surface area contributed by atoms with Gasteiger partial charge in [0.1, 0.15) is 6.10 Å². The lowest BCUT2D eigenvalue weighted by molar-refractivity contribution is 0.0236. The lowest BCUT2D eigenvalue weighted by atomic mass is 9.90. The molecular formula is C20H23Cl2NO3. The van der Waals surface area contributed by atoms with Gasteiger partial charge in [-0.1, -0.05) is 36.2 Å². The number of hydrogen-bond acceptors (Lipinski definition) is 4. The molecule has 1 N–H and O–H groups in total. The van der Waals surface area contributed by atoms with E-state index < -0.39 is 6.10 Å². The Morgan fingerprint density at radius 2 is 1.92 bits per heavy atom. The topological polar surface area (TPSA) is 51.6 Å². The highest BCUT2D eigenvalue weighted by molar-refractivity contribution is 6.42. The van der Waals surface area contributed by atoms with Crippen molar-refractivity contribution < 1.29 is 14.6 Å². The average molecular weight is 396 g/mol. The Morgan fingerprint density at radius 1 is 1.19 bits per heavy atom. The first-order chi connectivity index (χ1) is 12.5. The fourth-order valence-corrected chi connectivity index (χ4v) is 3.43. The molecule has 1 saturated heterocycles. The van der Waals surface area contributed by atoms with Gasteiger partial charge in [-0.15, -0.1) is 0 Å². The van der Waals surface area contributed by atoms with Crippen molar-refractivity contribution in [1.29, 1.82) is 0 Å². The molecule has 0 aliphatic carbocycles. The second-order valence-electron chi connectivity index (χ2n) is 6.72. The van der Waals surface area contributed by atoms with Crippen LogP contribution in [0.4, 0.5) is 0 Å². The Morgan fingerprint density at radius 3 is 2.58 bits per heavy atom. The van der Waals surface area contributed by atoms with Crippen molar-refractivity contribution in [3.05, 3.63) is 57.2 Å². The van der Waals surface area contributed by atoms with Crippen LogP contribution in [0.2, 0.25) is 10.0 Å². The first kappa shape index (κ1) is 19.4. The van der Waals surface area contributed by atoms with Gasteiger partial charge >= 0.3 is 0 Å². The zero-order valence-corrected chi connectivity index (χ0v) is 16.4. The number of nitrogens with zero attached hydrogens (tertiary/aromatic N) is 1. The van der Waals surface area contributed by atoms with Gasteiger partial charge in [-0.05, 0) is 30.2 Å². The number of rotatable bonds is 5. The predicted molar refractivity (Wildman–Crippen MR) is 103 cm³/mol. The number of aliphatic hydroxyl groups excluding tert-OH is 1. The van der Waals surface area contributed by atoms with Crippen molar-refractivity contribution in [2.75, 3.05) is 13.2 Å². The lowest BCUT2D eigenvalue weighted by Crippen LogP contribution is -2.26. The minimum absolute atomic E-state index is 0.140. The number of aryl methyl sites for hydroxylation is 1. The maximum atomic E-state index is 10.8. The molecule has 2 unspecified atom stereocenters. The Hall–Kier alpha value is -1.33. The number of pyridine rings is 1. The van der Waals surface area contributed by atoms with Crippen molar-refractivity contribution >= 4 is 23.2 Å². The summed E-state index contributed by atoms with van der Waals surface area (Å²) in [5, 5.41) is 11.8. The number of halogens is 2. The number of ether oxygens (including phenoxy) is 2. The Kier molecular flexibility index (Phi) is 6.41. The molecule has 2 atom stereocenters. The van der Waals surface area contributed by atoms with Crippen LogP contribution in [0.3, 0.4) is 0 Å². The van der Waals surface area contributed by atoms with Gasteiger partial charge in [-0.2, -0.15) is 0 Å². The van der Waals surface area contributed by atoms with Gasteiger partial charge in [0.15, 0.2) is 0 Å². The molecule has 26 heavy (non-hydrogen) atoms. The van der Waals surface area contributed by atoms with Crippen LogP contribution in [-0.4, -0.2) is 29.4 Å². The predicted octanol–water partition coefficient (Wildman–Crippen LogP) is 5.09. The van der Waals surface area contributed by atoms with Gasteiger partial charge in [0, 0.05) is 36.6 Å². The number of benzene rings is 1. The van der Waals surface area contributed by atoms with E-state index in [9.17, 15) is 5.11 Å². The highest BCUT2D eigenvalue weighted by Crippen LogP contribution is 2.35. The highest BCUT2D eigenvalue weighted by atomic mass is 35.5. The summed E-state index contributed by atoms with van der Waals surface area (Å²) < 4.78 is 11.3. The van der Waals surface area contributed by atoms with Gasteiger partial charge in [-0.3, -0.25) is 0 Å². The van der Waals surface area contributed by atoms with Crippen LogP contribution in [0.25, 0.3) is 0 Å². The summed E-state index contributed by atoms with van der Waals surface area (Å²) >= 11 is 12.1. The van der Waals surface area contributed by atoms with Gasteiger partial charge in [0.05, 0.1) is 29.4 Å². The number of hydrogen-bond donors (Lipinski definition) is 1. The fraction of sp³-hybridized carbons (Fsp3) is 0.450. The molecule has 1 aromatic carbocycles. The molecule has 0 radical (unpaired) electrons. The zero-order chi connectivity index (χ0) is 18.7. The molecule has 0 saturated carbocycles. The molecule has 0 amide bonds.